The monoisotopic (exact) mass is 183 g/mol. The molecule has 2 rings (SSSR count). The zero-order valence-corrected chi connectivity index (χ0v) is 7.66. The van der Waals surface area contributed by atoms with Gasteiger partial charge in [0, 0.05) is 12.8 Å². The minimum absolute atomic E-state index is 0.0116. The van der Waals surface area contributed by atoms with Crippen molar-refractivity contribution in [2.45, 2.75) is 38.3 Å². The quantitative estimate of drug-likeness (QED) is 0.467. The minimum atomic E-state index is -0.0349. The molecule has 2 amide bonds. The van der Waals surface area contributed by atoms with E-state index in [2.05, 4.69) is 0 Å². The summed E-state index contributed by atoms with van der Waals surface area (Å²) in [7, 11) is 0. The summed E-state index contributed by atoms with van der Waals surface area (Å²) in [6, 6.07) is -0.0116. The van der Waals surface area contributed by atoms with Crippen LogP contribution in [-0.4, -0.2) is 35.5 Å². The summed E-state index contributed by atoms with van der Waals surface area (Å²) >= 11 is 0. The zero-order chi connectivity index (χ0) is 9.42. The van der Waals surface area contributed by atoms with E-state index in [1.807, 2.05) is 6.92 Å². The molecule has 0 bridgehead atoms. The first-order valence-electron chi connectivity index (χ1n) is 4.70. The summed E-state index contributed by atoms with van der Waals surface area (Å²) in [5.41, 5.74) is 0. The number of epoxide rings is 1. The van der Waals surface area contributed by atoms with Crippen LogP contribution in [0.15, 0.2) is 0 Å². The third-order valence-electron chi connectivity index (χ3n) is 2.63. The highest BCUT2D eigenvalue weighted by Crippen LogP contribution is 2.26. The van der Waals surface area contributed by atoms with Crippen molar-refractivity contribution in [2.75, 3.05) is 6.61 Å². The second-order valence-electron chi connectivity index (χ2n) is 3.50. The fourth-order valence-corrected chi connectivity index (χ4v) is 1.85. The van der Waals surface area contributed by atoms with Crippen molar-refractivity contribution in [1.29, 1.82) is 0 Å². The van der Waals surface area contributed by atoms with Gasteiger partial charge in [-0.1, -0.05) is 6.92 Å². The van der Waals surface area contributed by atoms with Crippen LogP contribution in [0, 0.1) is 0 Å². The van der Waals surface area contributed by atoms with E-state index in [1.165, 1.54) is 4.90 Å². The lowest BCUT2D eigenvalue weighted by Crippen LogP contribution is -2.42. The van der Waals surface area contributed by atoms with Gasteiger partial charge in [-0.05, 0) is 6.42 Å². The smallest absolute Gasteiger partial charge is 0.230 e. The molecule has 2 saturated heterocycles. The molecule has 13 heavy (non-hydrogen) atoms. The Bertz CT molecular complexity index is 231. The molecule has 2 unspecified atom stereocenters. The molecule has 0 aromatic rings. The second-order valence-corrected chi connectivity index (χ2v) is 3.50. The number of rotatable bonds is 3. The molecule has 4 nitrogen and oxygen atoms in total. The van der Waals surface area contributed by atoms with Gasteiger partial charge in [0.25, 0.3) is 0 Å². The van der Waals surface area contributed by atoms with Crippen LogP contribution in [0.5, 0.6) is 0 Å². The number of ether oxygens (including phenoxy) is 1. The summed E-state index contributed by atoms with van der Waals surface area (Å²) in [6.07, 6.45) is 1.66. The van der Waals surface area contributed by atoms with E-state index in [0.717, 1.165) is 6.42 Å². The van der Waals surface area contributed by atoms with E-state index in [9.17, 15) is 9.59 Å². The topological polar surface area (TPSA) is 49.9 Å². The lowest BCUT2D eigenvalue weighted by atomic mass is 10.1. The summed E-state index contributed by atoms with van der Waals surface area (Å²) in [4.78, 5) is 24.1. The van der Waals surface area contributed by atoms with Crippen LogP contribution in [0.2, 0.25) is 0 Å². The Hall–Kier alpha value is -0.900. The Morgan fingerprint density at radius 3 is 2.38 bits per heavy atom. The van der Waals surface area contributed by atoms with Crippen LogP contribution in [0.4, 0.5) is 0 Å². The van der Waals surface area contributed by atoms with Crippen molar-refractivity contribution < 1.29 is 14.3 Å². The first-order valence-corrected chi connectivity index (χ1v) is 4.70. The van der Waals surface area contributed by atoms with Crippen molar-refractivity contribution in [1.82, 2.24) is 4.90 Å². The molecule has 2 atom stereocenters. The van der Waals surface area contributed by atoms with Crippen molar-refractivity contribution in [3.05, 3.63) is 0 Å². The van der Waals surface area contributed by atoms with Gasteiger partial charge in [-0.2, -0.15) is 0 Å². The highest BCUT2D eigenvalue weighted by atomic mass is 16.6. The number of amides is 2. The molecule has 0 N–H and O–H groups in total. The third kappa shape index (κ3) is 1.46. The molecule has 2 fully saturated rings. The second kappa shape index (κ2) is 3.10. The standard InChI is InChI=1S/C9H13NO3/c1-2-6(7-5-13-7)10-8(11)3-4-9(10)12/h6-7H,2-5H2,1H3. The number of nitrogens with zero attached hydrogens (tertiary/aromatic N) is 1. The SMILES string of the molecule is CCC(C1CO1)N1C(=O)CCC1=O. The molecule has 0 saturated carbocycles. The van der Waals surface area contributed by atoms with E-state index < -0.39 is 0 Å². The Balaban J connectivity index is 2.11. The molecule has 72 valence electrons. The van der Waals surface area contributed by atoms with Crippen LogP contribution in [-0.2, 0) is 14.3 Å². The molecule has 0 aliphatic carbocycles. The van der Waals surface area contributed by atoms with Gasteiger partial charge >= 0.3 is 0 Å². The molecule has 4 heteroatoms. The fourth-order valence-electron chi connectivity index (χ4n) is 1.85. The zero-order valence-electron chi connectivity index (χ0n) is 7.66. The van der Waals surface area contributed by atoms with Gasteiger partial charge in [0.2, 0.25) is 11.8 Å². The molecule has 0 radical (unpaired) electrons. The number of hydrogen-bond acceptors (Lipinski definition) is 3. The van der Waals surface area contributed by atoms with Gasteiger partial charge in [-0.15, -0.1) is 0 Å². The summed E-state index contributed by atoms with van der Waals surface area (Å²) < 4.78 is 5.12. The Morgan fingerprint density at radius 1 is 1.46 bits per heavy atom. The maximum Gasteiger partial charge on any atom is 0.230 e. The molecular formula is C9H13NO3. The molecule has 0 spiro atoms. The predicted octanol–water partition coefficient (Wildman–Crippen LogP) is 0.313. The lowest BCUT2D eigenvalue weighted by Gasteiger charge is -2.23. The Labute approximate surface area is 76.8 Å². The van der Waals surface area contributed by atoms with Crippen LogP contribution in [0.3, 0.4) is 0 Å². The van der Waals surface area contributed by atoms with E-state index >= 15 is 0 Å². The maximum absolute atomic E-state index is 11.4. The highest BCUT2D eigenvalue weighted by Gasteiger charge is 2.42. The van der Waals surface area contributed by atoms with Crippen molar-refractivity contribution in [2.24, 2.45) is 0 Å². The molecule has 2 aliphatic rings. The van der Waals surface area contributed by atoms with Gasteiger partial charge in [0.05, 0.1) is 12.6 Å². The number of hydrogen-bond donors (Lipinski definition) is 0. The van der Waals surface area contributed by atoms with E-state index in [1.54, 1.807) is 0 Å². The van der Waals surface area contributed by atoms with Crippen molar-refractivity contribution in [3.8, 4) is 0 Å². The van der Waals surface area contributed by atoms with Crippen LogP contribution in [0.1, 0.15) is 26.2 Å². The summed E-state index contributed by atoms with van der Waals surface area (Å²) in [6.45, 7) is 2.67. The maximum atomic E-state index is 11.4. The van der Waals surface area contributed by atoms with E-state index in [4.69, 9.17) is 4.74 Å². The van der Waals surface area contributed by atoms with Crippen LogP contribution in [0.25, 0.3) is 0 Å². The molecule has 0 aromatic carbocycles. The Morgan fingerprint density at radius 2 is 2.00 bits per heavy atom. The average Bonchev–Trinajstić information content (AvgIpc) is 2.88. The first-order chi connectivity index (χ1) is 6.24. The lowest BCUT2D eigenvalue weighted by molar-refractivity contribution is -0.141. The van der Waals surface area contributed by atoms with Gasteiger partial charge in [-0.3, -0.25) is 14.5 Å². The van der Waals surface area contributed by atoms with E-state index in [-0.39, 0.29) is 24.0 Å². The number of carbonyl (C=O) groups is 2. The van der Waals surface area contributed by atoms with E-state index in [0.29, 0.717) is 19.4 Å². The third-order valence-corrected chi connectivity index (χ3v) is 2.63. The number of likely N-dealkylation sites (tertiary alicyclic amines) is 1. The van der Waals surface area contributed by atoms with Gasteiger partial charge < -0.3 is 4.74 Å². The highest BCUT2D eigenvalue weighted by molar-refractivity contribution is 6.02. The fraction of sp³-hybridized carbons (Fsp3) is 0.778. The molecular weight excluding hydrogens is 170 g/mol. The van der Waals surface area contributed by atoms with Crippen molar-refractivity contribution in [3.63, 3.8) is 0 Å². The average molecular weight is 183 g/mol. The minimum Gasteiger partial charge on any atom is -0.371 e. The van der Waals surface area contributed by atoms with Crippen LogP contribution >= 0.6 is 0 Å². The summed E-state index contributed by atoms with van der Waals surface area (Å²) in [5.74, 6) is -0.0697. The van der Waals surface area contributed by atoms with Gasteiger partial charge in [-0.25, -0.2) is 0 Å². The molecule has 0 aromatic heterocycles. The largest absolute Gasteiger partial charge is 0.371 e. The van der Waals surface area contributed by atoms with Crippen molar-refractivity contribution >= 4 is 11.8 Å². The predicted molar refractivity (Wildman–Crippen MR) is 44.9 cm³/mol. The Kier molecular flexibility index (Phi) is 2.07. The van der Waals surface area contributed by atoms with Gasteiger partial charge in [0.1, 0.15) is 6.10 Å². The number of imide groups is 1. The summed E-state index contributed by atoms with van der Waals surface area (Å²) in [5, 5.41) is 0. The van der Waals surface area contributed by atoms with Crippen LogP contribution < -0.4 is 0 Å². The molecule has 2 heterocycles. The molecule has 2 aliphatic heterocycles. The van der Waals surface area contributed by atoms with Gasteiger partial charge in [0.15, 0.2) is 0 Å². The first kappa shape index (κ1) is 8.69. The normalized spacial score (nSPS) is 29.6. The number of carbonyl (C=O) groups excluding carboxylic acids is 2.